The lowest BCUT2D eigenvalue weighted by Crippen LogP contribution is -2.44. The summed E-state index contributed by atoms with van der Waals surface area (Å²) >= 11 is 1.66. The molecule has 5 rings (SSSR count). The topological polar surface area (TPSA) is 44.3 Å². The molecule has 164 valence electrons. The van der Waals surface area contributed by atoms with E-state index < -0.39 is 0 Å². The van der Waals surface area contributed by atoms with Gasteiger partial charge in [-0.15, -0.1) is 11.3 Å². The summed E-state index contributed by atoms with van der Waals surface area (Å²) in [5.41, 5.74) is 6.04. The predicted molar refractivity (Wildman–Crippen MR) is 136 cm³/mol. The van der Waals surface area contributed by atoms with E-state index >= 15 is 0 Å². The fraction of sp³-hybridized carbons (Fsp3) is 0.308. The minimum atomic E-state index is 0.526. The number of fused-ring (bicyclic) bond motifs is 1. The number of nitrogens with one attached hydrogen (secondary N) is 1. The van der Waals surface area contributed by atoms with Crippen LogP contribution in [0.1, 0.15) is 25.3 Å². The van der Waals surface area contributed by atoms with Gasteiger partial charge < -0.3 is 15.1 Å². The molecule has 0 bridgehead atoms. The molecule has 0 saturated carbocycles. The van der Waals surface area contributed by atoms with Crippen LogP contribution in [-0.2, 0) is 0 Å². The lowest BCUT2D eigenvalue weighted by molar-refractivity contribution is 0.313. The van der Waals surface area contributed by atoms with Gasteiger partial charge in [-0.1, -0.05) is 38.1 Å². The van der Waals surface area contributed by atoms with Crippen LogP contribution in [0.3, 0.4) is 0 Å². The van der Waals surface area contributed by atoms with E-state index in [4.69, 9.17) is 0 Å². The van der Waals surface area contributed by atoms with Crippen molar-refractivity contribution in [3.63, 3.8) is 0 Å². The Balaban J connectivity index is 1.41. The van der Waals surface area contributed by atoms with E-state index in [2.05, 4.69) is 99.9 Å². The number of thiophene rings is 1. The maximum Gasteiger partial charge on any atom is 0.143 e. The molecule has 1 fully saturated rings. The molecule has 32 heavy (non-hydrogen) atoms. The van der Waals surface area contributed by atoms with E-state index in [0.29, 0.717) is 5.92 Å². The van der Waals surface area contributed by atoms with Gasteiger partial charge >= 0.3 is 0 Å². The number of nitrogens with zero attached hydrogens (tertiary/aromatic N) is 4. The first kappa shape index (κ1) is 20.9. The molecule has 5 nitrogen and oxygen atoms in total. The Bertz CT molecular complexity index is 1190. The first-order valence-corrected chi connectivity index (χ1v) is 12.1. The highest BCUT2D eigenvalue weighted by Crippen LogP contribution is 2.38. The van der Waals surface area contributed by atoms with E-state index in [1.807, 2.05) is 0 Å². The fourth-order valence-electron chi connectivity index (χ4n) is 4.19. The van der Waals surface area contributed by atoms with E-state index in [-0.39, 0.29) is 0 Å². The van der Waals surface area contributed by atoms with Crippen LogP contribution in [0.4, 0.5) is 17.2 Å². The summed E-state index contributed by atoms with van der Waals surface area (Å²) in [7, 11) is 2.18. The Kier molecular flexibility index (Phi) is 5.81. The maximum atomic E-state index is 4.60. The van der Waals surface area contributed by atoms with Crippen LogP contribution >= 0.6 is 11.3 Å². The van der Waals surface area contributed by atoms with Gasteiger partial charge in [0.15, 0.2) is 0 Å². The summed E-state index contributed by atoms with van der Waals surface area (Å²) < 4.78 is 0. The highest BCUT2D eigenvalue weighted by atomic mass is 32.1. The molecule has 6 heteroatoms. The van der Waals surface area contributed by atoms with Crippen molar-refractivity contribution in [3.8, 4) is 11.1 Å². The van der Waals surface area contributed by atoms with Crippen molar-refractivity contribution in [2.45, 2.75) is 19.8 Å². The summed E-state index contributed by atoms with van der Waals surface area (Å²) in [6.45, 7) is 8.81. The zero-order valence-electron chi connectivity index (χ0n) is 18.9. The summed E-state index contributed by atoms with van der Waals surface area (Å²) in [6.07, 6.45) is 1.64. The third kappa shape index (κ3) is 4.20. The van der Waals surface area contributed by atoms with Crippen LogP contribution in [0.5, 0.6) is 0 Å². The average Bonchev–Trinajstić information content (AvgIpc) is 3.25. The highest BCUT2D eigenvalue weighted by Gasteiger charge is 2.16. The molecule has 4 aromatic rings. The molecule has 1 aliphatic heterocycles. The van der Waals surface area contributed by atoms with Crippen LogP contribution in [0.25, 0.3) is 21.3 Å². The van der Waals surface area contributed by atoms with Crippen molar-refractivity contribution in [2.75, 3.05) is 43.4 Å². The van der Waals surface area contributed by atoms with Crippen molar-refractivity contribution < 1.29 is 0 Å². The van der Waals surface area contributed by atoms with E-state index in [1.54, 1.807) is 17.7 Å². The minimum absolute atomic E-state index is 0.526. The number of rotatable bonds is 5. The van der Waals surface area contributed by atoms with Crippen LogP contribution in [0.15, 0.2) is 60.2 Å². The molecule has 0 unspecified atom stereocenters. The molecule has 0 atom stereocenters. The first-order chi connectivity index (χ1) is 15.6. The Morgan fingerprint density at radius 3 is 2.31 bits per heavy atom. The molecule has 1 N–H and O–H groups in total. The molecule has 0 amide bonds. The molecule has 0 spiro atoms. The van der Waals surface area contributed by atoms with Gasteiger partial charge in [0.25, 0.3) is 0 Å². The highest BCUT2D eigenvalue weighted by molar-refractivity contribution is 7.17. The second kappa shape index (κ2) is 8.88. The largest absolute Gasteiger partial charge is 0.369 e. The van der Waals surface area contributed by atoms with Gasteiger partial charge in [0.05, 0.1) is 5.39 Å². The SMILES string of the molecule is CC(C)c1ccc(-c2csc3ncnc(Nc4ccc(N5CCN(C)CC5)cc4)c23)cc1. The van der Waals surface area contributed by atoms with Crippen molar-refractivity contribution >= 4 is 38.7 Å². The van der Waals surface area contributed by atoms with Gasteiger partial charge in [-0.2, -0.15) is 0 Å². The number of benzene rings is 2. The quantitative estimate of drug-likeness (QED) is 0.411. The third-order valence-electron chi connectivity index (χ3n) is 6.26. The van der Waals surface area contributed by atoms with E-state index in [9.17, 15) is 0 Å². The standard InChI is InChI=1S/C26H29N5S/c1-18(2)19-4-6-20(7-5-19)23-16-32-26-24(23)25(27-17-28-26)29-21-8-10-22(11-9-21)31-14-12-30(3)13-15-31/h4-11,16-18H,12-15H2,1-3H3,(H,27,28,29). The van der Waals surface area contributed by atoms with Crippen LogP contribution in [0, 0.1) is 0 Å². The molecule has 2 aromatic heterocycles. The van der Waals surface area contributed by atoms with Crippen LogP contribution < -0.4 is 10.2 Å². The number of hydrogen-bond donors (Lipinski definition) is 1. The van der Waals surface area contributed by atoms with E-state index in [0.717, 1.165) is 47.9 Å². The molecule has 2 aromatic carbocycles. The number of anilines is 3. The van der Waals surface area contributed by atoms with Gasteiger partial charge in [0.1, 0.15) is 17.0 Å². The number of aromatic nitrogens is 2. The second-order valence-electron chi connectivity index (χ2n) is 8.79. The first-order valence-electron chi connectivity index (χ1n) is 11.2. The lowest BCUT2D eigenvalue weighted by Gasteiger charge is -2.34. The molecule has 0 radical (unpaired) electrons. The normalized spacial score (nSPS) is 14.9. The van der Waals surface area contributed by atoms with Gasteiger partial charge in [0.2, 0.25) is 0 Å². The number of likely N-dealkylation sites (N-methyl/N-ethyl adjacent to an activating group) is 1. The smallest absolute Gasteiger partial charge is 0.143 e. The number of piperazine rings is 1. The summed E-state index contributed by atoms with van der Waals surface area (Å²) in [5.74, 6) is 1.38. The number of hydrogen-bond acceptors (Lipinski definition) is 6. The average molecular weight is 444 g/mol. The van der Waals surface area contributed by atoms with Crippen LogP contribution in [0.2, 0.25) is 0 Å². The zero-order valence-corrected chi connectivity index (χ0v) is 19.7. The molecule has 3 heterocycles. The molecular weight excluding hydrogens is 414 g/mol. The Morgan fingerprint density at radius 2 is 1.62 bits per heavy atom. The Morgan fingerprint density at radius 1 is 0.906 bits per heavy atom. The van der Waals surface area contributed by atoms with Crippen molar-refractivity contribution in [1.82, 2.24) is 14.9 Å². The third-order valence-corrected chi connectivity index (χ3v) is 7.14. The zero-order chi connectivity index (χ0) is 22.1. The van der Waals surface area contributed by atoms with Crippen LogP contribution in [-0.4, -0.2) is 48.1 Å². The fourth-order valence-corrected chi connectivity index (χ4v) is 5.10. The summed E-state index contributed by atoms with van der Waals surface area (Å²) in [5, 5.41) is 6.81. The summed E-state index contributed by atoms with van der Waals surface area (Å²) in [4.78, 5) is 14.9. The van der Waals surface area contributed by atoms with Gasteiger partial charge in [-0.05, 0) is 48.4 Å². The Hall–Kier alpha value is -2.96. The van der Waals surface area contributed by atoms with Crippen molar-refractivity contribution in [3.05, 3.63) is 65.8 Å². The minimum Gasteiger partial charge on any atom is -0.369 e. The lowest BCUT2D eigenvalue weighted by atomic mass is 9.99. The molecular formula is C26H29N5S. The monoisotopic (exact) mass is 443 g/mol. The maximum absolute atomic E-state index is 4.60. The molecule has 1 saturated heterocycles. The van der Waals surface area contributed by atoms with Gasteiger partial charge in [-0.25, -0.2) is 9.97 Å². The predicted octanol–water partition coefficient (Wildman–Crippen LogP) is 5.98. The molecule has 1 aliphatic rings. The van der Waals surface area contributed by atoms with Crippen molar-refractivity contribution in [1.29, 1.82) is 0 Å². The van der Waals surface area contributed by atoms with Gasteiger partial charge in [0, 0.05) is 48.5 Å². The molecule has 0 aliphatic carbocycles. The van der Waals surface area contributed by atoms with E-state index in [1.165, 1.54) is 22.4 Å². The van der Waals surface area contributed by atoms with Crippen molar-refractivity contribution in [2.24, 2.45) is 0 Å². The summed E-state index contributed by atoms with van der Waals surface area (Å²) in [6, 6.07) is 17.5. The second-order valence-corrected chi connectivity index (χ2v) is 9.65. The Labute approximate surface area is 193 Å². The van der Waals surface area contributed by atoms with Gasteiger partial charge in [-0.3, -0.25) is 0 Å².